The molecular weight excluding hydrogens is 280 g/mol. The Hall–Kier alpha value is -1.55. The quantitative estimate of drug-likeness (QED) is 0.874. The SMILES string of the molecule is Brc1ccccc1C1CNc2ncccc2O1. The molecule has 1 atom stereocenters. The maximum absolute atomic E-state index is 5.94. The first-order chi connectivity index (χ1) is 8.34. The van der Waals surface area contributed by atoms with Crippen LogP contribution in [0.25, 0.3) is 0 Å². The van der Waals surface area contributed by atoms with E-state index in [0.29, 0.717) is 0 Å². The summed E-state index contributed by atoms with van der Waals surface area (Å²) in [4.78, 5) is 4.22. The van der Waals surface area contributed by atoms with E-state index in [1.54, 1.807) is 6.20 Å². The van der Waals surface area contributed by atoms with Crippen LogP contribution in [-0.2, 0) is 0 Å². The van der Waals surface area contributed by atoms with Crippen molar-refractivity contribution < 1.29 is 4.74 Å². The largest absolute Gasteiger partial charge is 0.480 e. The summed E-state index contributed by atoms with van der Waals surface area (Å²) < 4.78 is 7.01. The number of nitrogens with one attached hydrogen (secondary N) is 1. The van der Waals surface area contributed by atoms with Gasteiger partial charge in [0.05, 0.1) is 6.54 Å². The van der Waals surface area contributed by atoms with E-state index in [4.69, 9.17) is 4.74 Å². The summed E-state index contributed by atoms with van der Waals surface area (Å²) in [5.41, 5.74) is 1.15. The third-order valence-electron chi connectivity index (χ3n) is 2.75. The summed E-state index contributed by atoms with van der Waals surface area (Å²) in [7, 11) is 0. The first-order valence-corrected chi connectivity index (χ1v) is 6.24. The summed E-state index contributed by atoms with van der Waals surface area (Å²) in [5.74, 6) is 1.62. The zero-order valence-corrected chi connectivity index (χ0v) is 10.6. The van der Waals surface area contributed by atoms with Gasteiger partial charge in [0.1, 0.15) is 6.10 Å². The first kappa shape index (κ1) is 10.6. The number of hydrogen-bond acceptors (Lipinski definition) is 3. The summed E-state index contributed by atoms with van der Waals surface area (Å²) in [5, 5.41) is 3.28. The minimum Gasteiger partial charge on any atom is -0.480 e. The van der Waals surface area contributed by atoms with Gasteiger partial charge in [-0.3, -0.25) is 0 Å². The van der Waals surface area contributed by atoms with Gasteiger partial charge in [-0.2, -0.15) is 0 Å². The average Bonchev–Trinajstić information content (AvgIpc) is 2.39. The minimum absolute atomic E-state index is 0.0160. The molecule has 86 valence electrons. The van der Waals surface area contributed by atoms with Crippen LogP contribution in [0.5, 0.6) is 5.75 Å². The van der Waals surface area contributed by atoms with Gasteiger partial charge in [-0.15, -0.1) is 0 Å². The van der Waals surface area contributed by atoms with Crippen LogP contribution in [-0.4, -0.2) is 11.5 Å². The number of rotatable bonds is 1. The molecule has 4 heteroatoms. The van der Waals surface area contributed by atoms with Crippen LogP contribution in [0.1, 0.15) is 11.7 Å². The van der Waals surface area contributed by atoms with Crippen molar-refractivity contribution in [3.05, 3.63) is 52.6 Å². The zero-order valence-electron chi connectivity index (χ0n) is 9.06. The highest BCUT2D eigenvalue weighted by molar-refractivity contribution is 9.10. The Morgan fingerprint density at radius 2 is 2.12 bits per heavy atom. The first-order valence-electron chi connectivity index (χ1n) is 5.44. The number of pyridine rings is 1. The molecule has 0 radical (unpaired) electrons. The molecular formula is C13H11BrN2O. The van der Waals surface area contributed by atoms with E-state index in [1.165, 1.54) is 0 Å². The maximum atomic E-state index is 5.94. The number of halogens is 1. The van der Waals surface area contributed by atoms with Crippen molar-refractivity contribution in [3.8, 4) is 5.75 Å². The van der Waals surface area contributed by atoms with Gasteiger partial charge in [0.15, 0.2) is 11.6 Å². The van der Waals surface area contributed by atoms with Crippen LogP contribution in [0.3, 0.4) is 0 Å². The van der Waals surface area contributed by atoms with E-state index in [9.17, 15) is 0 Å². The van der Waals surface area contributed by atoms with Gasteiger partial charge >= 0.3 is 0 Å². The molecule has 3 rings (SSSR count). The third-order valence-corrected chi connectivity index (χ3v) is 3.47. The second kappa shape index (κ2) is 4.37. The standard InChI is InChI=1S/C13H11BrN2O/c14-10-5-2-1-4-9(10)12-8-16-13-11(17-12)6-3-7-15-13/h1-7,12H,8H2,(H,15,16). The van der Waals surface area contributed by atoms with Crippen LogP contribution in [0.15, 0.2) is 47.1 Å². The second-order valence-corrected chi connectivity index (χ2v) is 4.71. The molecule has 0 saturated heterocycles. The van der Waals surface area contributed by atoms with E-state index in [0.717, 1.165) is 28.1 Å². The van der Waals surface area contributed by atoms with E-state index >= 15 is 0 Å². The maximum Gasteiger partial charge on any atom is 0.168 e. The van der Waals surface area contributed by atoms with Crippen molar-refractivity contribution in [3.63, 3.8) is 0 Å². The summed E-state index contributed by atoms with van der Waals surface area (Å²) in [6.45, 7) is 0.729. The van der Waals surface area contributed by atoms with Gasteiger partial charge in [0, 0.05) is 16.2 Å². The molecule has 0 spiro atoms. The number of nitrogens with zero attached hydrogens (tertiary/aromatic N) is 1. The van der Waals surface area contributed by atoms with Crippen LogP contribution in [0.2, 0.25) is 0 Å². The molecule has 1 aliphatic rings. The fourth-order valence-electron chi connectivity index (χ4n) is 1.91. The van der Waals surface area contributed by atoms with Crippen LogP contribution >= 0.6 is 15.9 Å². The van der Waals surface area contributed by atoms with Gasteiger partial charge in [-0.1, -0.05) is 34.1 Å². The van der Waals surface area contributed by atoms with Crippen LogP contribution < -0.4 is 10.1 Å². The third kappa shape index (κ3) is 2.00. The Balaban J connectivity index is 1.92. The van der Waals surface area contributed by atoms with E-state index in [2.05, 4.69) is 32.3 Å². The smallest absolute Gasteiger partial charge is 0.168 e. The molecule has 3 nitrogen and oxygen atoms in total. The Bertz CT molecular complexity index is 544. The fraction of sp³-hybridized carbons (Fsp3) is 0.154. The lowest BCUT2D eigenvalue weighted by Crippen LogP contribution is -2.24. The Labute approximate surface area is 108 Å². The fourth-order valence-corrected chi connectivity index (χ4v) is 2.45. The molecule has 1 aromatic carbocycles. The lowest BCUT2D eigenvalue weighted by atomic mass is 10.1. The molecule has 1 unspecified atom stereocenters. The van der Waals surface area contributed by atoms with Gasteiger partial charge < -0.3 is 10.1 Å². The van der Waals surface area contributed by atoms with Crippen molar-refractivity contribution in [1.29, 1.82) is 0 Å². The predicted octanol–water partition coefficient (Wildman–Crippen LogP) is 3.39. The lowest BCUT2D eigenvalue weighted by Gasteiger charge is -2.27. The summed E-state index contributed by atoms with van der Waals surface area (Å²) in [6, 6.07) is 11.9. The van der Waals surface area contributed by atoms with Crippen molar-refractivity contribution in [1.82, 2.24) is 4.98 Å². The zero-order chi connectivity index (χ0) is 11.7. The highest BCUT2D eigenvalue weighted by Gasteiger charge is 2.22. The minimum atomic E-state index is 0.0160. The molecule has 0 saturated carbocycles. The number of benzene rings is 1. The van der Waals surface area contributed by atoms with Gasteiger partial charge in [-0.05, 0) is 18.2 Å². The molecule has 0 bridgehead atoms. The average molecular weight is 291 g/mol. The number of ether oxygens (including phenoxy) is 1. The van der Waals surface area contributed by atoms with Gasteiger partial charge in [-0.25, -0.2) is 4.98 Å². The van der Waals surface area contributed by atoms with Crippen LogP contribution in [0.4, 0.5) is 5.82 Å². The highest BCUT2D eigenvalue weighted by atomic mass is 79.9. The molecule has 2 aromatic rings. The molecule has 0 amide bonds. The molecule has 1 aromatic heterocycles. The monoisotopic (exact) mass is 290 g/mol. The molecule has 0 aliphatic carbocycles. The Morgan fingerprint density at radius 1 is 1.24 bits per heavy atom. The summed E-state index contributed by atoms with van der Waals surface area (Å²) >= 11 is 3.55. The van der Waals surface area contributed by atoms with Crippen molar-refractivity contribution in [2.45, 2.75) is 6.10 Å². The predicted molar refractivity (Wildman–Crippen MR) is 70.2 cm³/mol. The number of anilines is 1. The molecule has 17 heavy (non-hydrogen) atoms. The topological polar surface area (TPSA) is 34.2 Å². The van der Waals surface area contributed by atoms with E-state index in [1.807, 2.05) is 30.3 Å². The van der Waals surface area contributed by atoms with Crippen molar-refractivity contribution in [2.75, 3.05) is 11.9 Å². The second-order valence-electron chi connectivity index (χ2n) is 3.86. The van der Waals surface area contributed by atoms with Crippen molar-refractivity contribution in [2.24, 2.45) is 0 Å². The Morgan fingerprint density at radius 3 is 3.00 bits per heavy atom. The van der Waals surface area contributed by atoms with E-state index in [-0.39, 0.29) is 6.10 Å². The summed E-state index contributed by atoms with van der Waals surface area (Å²) in [6.07, 6.45) is 1.77. The molecule has 0 fully saturated rings. The van der Waals surface area contributed by atoms with Crippen molar-refractivity contribution >= 4 is 21.7 Å². The number of aromatic nitrogens is 1. The molecule has 1 N–H and O–H groups in total. The van der Waals surface area contributed by atoms with Gasteiger partial charge in [0.2, 0.25) is 0 Å². The van der Waals surface area contributed by atoms with Gasteiger partial charge in [0.25, 0.3) is 0 Å². The van der Waals surface area contributed by atoms with Crippen LogP contribution in [0, 0.1) is 0 Å². The van der Waals surface area contributed by atoms with E-state index < -0.39 is 0 Å². The molecule has 1 aliphatic heterocycles. The molecule has 2 heterocycles. The Kier molecular flexibility index (Phi) is 2.73. The lowest BCUT2D eigenvalue weighted by molar-refractivity contribution is 0.208. The number of hydrogen-bond donors (Lipinski definition) is 1. The normalized spacial score (nSPS) is 17.8. The highest BCUT2D eigenvalue weighted by Crippen LogP contribution is 2.34. The number of fused-ring (bicyclic) bond motifs is 1.